The summed E-state index contributed by atoms with van der Waals surface area (Å²) < 4.78 is 2.15. The van der Waals surface area contributed by atoms with Gasteiger partial charge < -0.3 is 10.6 Å². The van der Waals surface area contributed by atoms with Crippen LogP contribution in [0.2, 0.25) is 0 Å². The van der Waals surface area contributed by atoms with Crippen LogP contribution < -0.4 is 10.6 Å². The van der Waals surface area contributed by atoms with Crippen molar-refractivity contribution in [3.63, 3.8) is 0 Å². The Hall–Kier alpha value is -2.67. The maximum Gasteiger partial charge on any atom is 0.373 e. The van der Waals surface area contributed by atoms with Crippen molar-refractivity contribution >= 4 is 29.5 Å². The van der Waals surface area contributed by atoms with Crippen LogP contribution in [0.15, 0.2) is 52.6 Å². The van der Waals surface area contributed by atoms with Crippen molar-refractivity contribution in [3.8, 4) is 0 Å². The van der Waals surface area contributed by atoms with Gasteiger partial charge in [0.15, 0.2) is 5.65 Å². The van der Waals surface area contributed by atoms with Crippen molar-refractivity contribution in [3.05, 3.63) is 48.4 Å². The van der Waals surface area contributed by atoms with Gasteiger partial charge >= 0.3 is 6.15 Å². The van der Waals surface area contributed by atoms with E-state index in [1.165, 1.54) is 42.6 Å². The predicted octanol–water partition coefficient (Wildman–Crippen LogP) is 3.70. The predicted molar refractivity (Wildman–Crippen MR) is 119 cm³/mol. The van der Waals surface area contributed by atoms with Gasteiger partial charge in [-0.1, -0.05) is 36.4 Å². The normalized spacial score (nSPS) is 19.8. The smallest absolute Gasteiger partial charge is 0.342 e. The lowest BCUT2D eigenvalue weighted by atomic mass is 9.74. The Morgan fingerprint density at radius 1 is 1.13 bits per heavy atom. The van der Waals surface area contributed by atoms with Crippen molar-refractivity contribution in [2.75, 3.05) is 18.0 Å². The fraction of sp³-hybridized carbons (Fsp3) is 0.435. The highest BCUT2D eigenvalue weighted by Crippen LogP contribution is 2.46. The second-order valence-corrected chi connectivity index (χ2v) is 9.43. The largest absolute Gasteiger partial charge is 0.373 e. The number of hydrogen-bond donors (Lipinski definition) is 1. The van der Waals surface area contributed by atoms with Crippen LogP contribution in [0, 0.1) is 12.3 Å². The number of benzene rings is 1. The number of imidazole rings is 1. The van der Waals surface area contributed by atoms with Gasteiger partial charge in [-0.15, -0.1) is 0 Å². The molecule has 31 heavy (non-hydrogen) atoms. The van der Waals surface area contributed by atoms with Gasteiger partial charge in [0.25, 0.3) is 0 Å². The Labute approximate surface area is 186 Å². The molecule has 2 aromatic heterocycles. The van der Waals surface area contributed by atoms with E-state index in [1.54, 1.807) is 11.8 Å². The average molecular weight is 438 g/mol. The number of aryl methyl sites for hydroxylation is 1. The summed E-state index contributed by atoms with van der Waals surface area (Å²) in [6, 6.07) is 8.83. The molecule has 2 N–H and O–H groups in total. The summed E-state index contributed by atoms with van der Waals surface area (Å²) in [6.07, 6.45) is 12.3. The lowest BCUT2D eigenvalue weighted by Gasteiger charge is -2.42. The molecule has 3 heterocycles. The van der Waals surface area contributed by atoms with E-state index in [4.69, 9.17) is 20.3 Å². The van der Waals surface area contributed by atoms with Gasteiger partial charge in [-0.2, -0.15) is 9.59 Å². The van der Waals surface area contributed by atoms with Gasteiger partial charge in [-0.05, 0) is 49.7 Å². The maximum absolute atomic E-state index is 8.12. The van der Waals surface area contributed by atoms with Crippen LogP contribution in [0.4, 0.5) is 5.95 Å². The molecule has 5 rings (SSSR count). The first-order valence-electron chi connectivity index (χ1n) is 10.6. The summed E-state index contributed by atoms with van der Waals surface area (Å²) in [5, 5.41) is 0. The topological polar surface area (TPSA) is 93.6 Å². The van der Waals surface area contributed by atoms with Crippen LogP contribution >= 0.6 is 11.8 Å². The zero-order chi connectivity index (χ0) is 21.8. The third-order valence-electron chi connectivity index (χ3n) is 6.71. The molecule has 162 valence electrons. The number of aromatic nitrogens is 3. The zero-order valence-electron chi connectivity index (χ0n) is 17.7. The van der Waals surface area contributed by atoms with Crippen molar-refractivity contribution < 1.29 is 9.59 Å². The Morgan fingerprint density at radius 2 is 1.87 bits per heavy atom. The molecule has 1 saturated heterocycles. The Morgan fingerprint density at radius 3 is 2.55 bits per heavy atom. The molecule has 1 saturated carbocycles. The van der Waals surface area contributed by atoms with Gasteiger partial charge in [-0.3, -0.25) is 4.40 Å². The van der Waals surface area contributed by atoms with Crippen LogP contribution in [0.3, 0.4) is 0 Å². The minimum Gasteiger partial charge on any atom is -0.342 e. The molecule has 0 bridgehead atoms. The monoisotopic (exact) mass is 437 g/mol. The molecule has 0 unspecified atom stereocenters. The highest BCUT2D eigenvalue weighted by molar-refractivity contribution is 7.99. The first-order valence-corrected chi connectivity index (χ1v) is 11.4. The molecule has 1 aromatic carbocycles. The van der Waals surface area contributed by atoms with Crippen molar-refractivity contribution in [1.82, 2.24) is 14.4 Å². The zero-order valence-corrected chi connectivity index (χ0v) is 18.5. The maximum atomic E-state index is 8.12. The molecular weight excluding hydrogens is 410 g/mol. The van der Waals surface area contributed by atoms with E-state index in [2.05, 4.69) is 45.5 Å². The van der Waals surface area contributed by atoms with Gasteiger partial charge in [-0.25, -0.2) is 9.97 Å². The van der Waals surface area contributed by atoms with Crippen molar-refractivity contribution in [1.29, 1.82) is 0 Å². The molecule has 1 spiro atoms. The molecule has 1 atom stereocenters. The Bertz CT molecular complexity index is 1080. The first-order chi connectivity index (χ1) is 15.1. The molecule has 7 nitrogen and oxygen atoms in total. The fourth-order valence-corrected chi connectivity index (χ4v) is 5.88. The number of hydrogen-bond acceptors (Lipinski definition) is 7. The minimum absolute atomic E-state index is 0.250. The van der Waals surface area contributed by atoms with Crippen molar-refractivity contribution in [2.24, 2.45) is 11.1 Å². The molecular formula is C23H27N5O2S. The number of nitrogens with two attached hydrogens (primary N) is 1. The second-order valence-electron chi connectivity index (χ2n) is 8.34. The highest BCUT2D eigenvalue weighted by atomic mass is 32.2. The number of nitrogens with zero attached hydrogens (tertiary/aromatic N) is 4. The van der Waals surface area contributed by atoms with Gasteiger partial charge in [0.1, 0.15) is 0 Å². The molecule has 2 aliphatic rings. The average Bonchev–Trinajstić information content (AvgIpc) is 3.39. The molecule has 1 aliphatic heterocycles. The minimum atomic E-state index is 0.250. The van der Waals surface area contributed by atoms with E-state index in [0.717, 1.165) is 29.6 Å². The van der Waals surface area contributed by atoms with E-state index >= 15 is 0 Å². The first kappa shape index (κ1) is 21.6. The summed E-state index contributed by atoms with van der Waals surface area (Å²) in [5.74, 6) is 1.00. The van der Waals surface area contributed by atoms with E-state index < -0.39 is 0 Å². The lowest BCUT2D eigenvalue weighted by molar-refractivity contribution is -0.191. The van der Waals surface area contributed by atoms with Crippen LogP contribution in [-0.2, 0) is 9.59 Å². The Kier molecular flexibility index (Phi) is 6.41. The molecule has 3 aromatic rings. The second kappa shape index (κ2) is 9.22. The van der Waals surface area contributed by atoms with E-state index in [0.29, 0.717) is 11.5 Å². The van der Waals surface area contributed by atoms with E-state index in [-0.39, 0.29) is 6.15 Å². The van der Waals surface area contributed by atoms with E-state index in [1.807, 2.05) is 18.6 Å². The van der Waals surface area contributed by atoms with Crippen molar-refractivity contribution in [2.45, 2.75) is 54.9 Å². The molecule has 0 amide bonds. The van der Waals surface area contributed by atoms with Crippen LogP contribution in [0.1, 0.15) is 37.7 Å². The number of anilines is 1. The summed E-state index contributed by atoms with van der Waals surface area (Å²) in [5.41, 5.74) is 9.08. The van der Waals surface area contributed by atoms with Gasteiger partial charge in [0.2, 0.25) is 5.95 Å². The number of piperidine rings is 1. The van der Waals surface area contributed by atoms with Gasteiger partial charge in [0.05, 0.1) is 4.90 Å². The van der Waals surface area contributed by atoms with Crippen LogP contribution in [0.5, 0.6) is 0 Å². The fourth-order valence-electron chi connectivity index (χ4n) is 4.92. The number of fused-ring (bicyclic) bond motifs is 1. The van der Waals surface area contributed by atoms with Crippen LogP contribution in [0.25, 0.3) is 5.65 Å². The molecule has 0 radical (unpaired) electrons. The SMILES string of the molecule is Cc1ccccc1Sc1cnc(N2CCC3(CCC[C@H]3N)CC2)n2ccnc12.O=C=O. The number of rotatable bonds is 3. The van der Waals surface area contributed by atoms with Crippen LogP contribution in [-0.4, -0.2) is 39.7 Å². The van der Waals surface area contributed by atoms with Gasteiger partial charge in [0, 0.05) is 42.6 Å². The number of carbonyl (C=O) groups excluding carboxylic acids is 2. The summed E-state index contributed by atoms with van der Waals surface area (Å²) in [6.45, 7) is 4.20. The summed E-state index contributed by atoms with van der Waals surface area (Å²) >= 11 is 1.74. The molecule has 2 fully saturated rings. The molecule has 1 aliphatic carbocycles. The molecule has 8 heteroatoms. The third-order valence-corrected chi connectivity index (χ3v) is 7.89. The summed E-state index contributed by atoms with van der Waals surface area (Å²) in [4.78, 5) is 30.5. The lowest BCUT2D eigenvalue weighted by Crippen LogP contribution is -2.47. The quantitative estimate of drug-likeness (QED) is 0.668. The highest BCUT2D eigenvalue weighted by Gasteiger charge is 2.43. The van der Waals surface area contributed by atoms with E-state index in [9.17, 15) is 0 Å². The summed E-state index contributed by atoms with van der Waals surface area (Å²) in [7, 11) is 0. The standard InChI is InChI=1S/C22H27N5S.CO2/c1-16-5-2-3-6-17(16)28-18-15-25-21(27-14-11-24-20(18)27)26-12-9-22(10-13-26)8-4-7-19(22)23;2-1-3/h2-3,5-6,11,14-15,19H,4,7-10,12-13,23H2,1H3;/t19-;/m1./s1. The third kappa shape index (κ3) is 4.24. The Balaban J connectivity index is 0.000000730.